The topological polar surface area (TPSA) is 101 Å². The van der Waals surface area contributed by atoms with E-state index in [0.29, 0.717) is 5.75 Å². The summed E-state index contributed by atoms with van der Waals surface area (Å²) < 4.78 is 5.34. The van der Waals surface area contributed by atoms with Crippen LogP contribution < -0.4 is 16.0 Å². The third-order valence-corrected chi connectivity index (χ3v) is 2.10. The van der Waals surface area contributed by atoms with Gasteiger partial charge in [-0.1, -0.05) is 0 Å². The summed E-state index contributed by atoms with van der Waals surface area (Å²) in [6, 6.07) is 4.69. The Balaban J connectivity index is 2.38. The summed E-state index contributed by atoms with van der Waals surface area (Å²) in [6.07, 6.45) is 1.20. The summed E-state index contributed by atoms with van der Waals surface area (Å²) >= 11 is 0. The Kier molecular flexibility index (Phi) is 2.70. The lowest BCUT2D eigenvalue weighted by Gasteiger charge is -2.07. The number of phenolic OH excluding ortho intramolecular Hbond substituents is 1. The molecule has 0 unspecified atom stereocenters. The van der Waals surface area contributed by atoms with Crippen LogP contribution in [0.2, 0.25) is 0 Å². The van der Waals surface area contributed by atoms with Gasteiger partial charge in [-0.3, -0.25) is 4.79 Å². The first-order valence-electron chi connectivity index (χ1n) is 4.88. The molecule has 2 aromatic rings. The van der Waals surface area contributed by atoms with Gasteiger partial charge in [0.25, 0.3) is 5.56 Å². The Morgan fingerprint density at radius 1 is 1.41 bits per heavy atom. The zero-order valence-corrected chi connectivity index (χ0v) is 9.10. The molecule has 0 saturated carbocycles. The summed E-state index contributed by atoms with van der Waals surface area (Å²) in [4.78, 5) is 17.4. The minimum Gasteiger partial charge on any atom is -0.508 e. The molecule has 0 saturated heterocycles. The number of nitrogens with two attached hydrogens (primary N) is 1. The summed E-state index contributed by atoms with van der Waals surface area (Å²) in [5.74, 6) is 0.453. The fourth-order valence-electron chi connectivity index (χ4n) is 1.37. The highest BCUT2D eigenvalue weighted by molar-refractivity contribution is 5.48. The smallest absolute Gasteiger partial charge is 0.277 e. The van der Waals surface area contributed by atoms with Gasteiger partial charge in [-0.05, 0) is 24.6 Å². The summed E-state index contributed by atoms with van der Waals surface area (Å²) in [5, 5.41) is 9.40. The summed E-state index contributed by atoms with van der Waals surface area (Å²) in [5.41, 5.74) is 5.77. The molecule has 0 radical (unpaired) electrons. The van der Waals surface area contributed by atoms with E-state index in [1.54, 1.807) is 19.1 Å². The van der Waals surface area contributed by atoms with E-state index < -0.39 is 5.56 Å². The molecule has 6 heteroatoms. The number of phenols is 1. The predicted octanol–water partition coefficient (Wildman–Crippen LogP) is 1.16. The lowest BCUT2D eigenvalue weighted by molar-refractivity contribution is 0.445. The fraction of sp³-hybridized carbons (Fsp3) is 0.0909. The normalized spacial score (nSPS) is 10.2. The van der Waals surface area contributed by atoms with Crippen molar-refractivity contribution in [2.45, 2.75) is 6.92 Å². The SMILES string of the molecule is Cc1cc(O)cc(Oc2nc[nH]c(=O)c2N)c1. The minimum atomic E-state index is -0.466. The van der Waals surface area contributed by atoms with Gasteiger partial charge >= 0.3 is 0 Å². The highest BCUT2D eigenvalue weighted by Crippen LogP contribution is 2.26. The molecular weight excluding hydrogens is 222 g/mol. The molecule has 0 atom stereocenters. The van der Waals surface area contributed by atoms with Crippen LogP contribution in [0, 0.1) is 6.92 Å². The van der Waals surface area contributed by atoms with Crippen LogP contribution in [0.25, 0.3) is 0 Å². The molecule has 6 nitrogen and oxygen atoms in total. The first-order valence-corrected chi connectivity index (χ1v) is 4.88. The molecule has 0 fully saturated rings. The largest absolute Gasteiger partial charge is 0.508 e. The lowest BCUT2D eigenvalue weighted by Crippen LogP contribution is -2.13. The maximum absolute atomic E-state index is 11.2. The quantitative estimate of drug-likeness (QED) is 0.722. The standard InChI is InChI=1S/C11H11N3O3/c1-6-2-7(15)4-8(3-6)17-11-9(12)10(16)13-5-14-11/h2-5,15H,12H2,1H3,(H,13,14,16). The first kappa shape index (κ1) is 11.0. The fourth-order valence-corrected chi connectivity index (χ4v) is 1.37. The van der Waals surface area contributed by atoms with Crippen molar-refractivity contribution in [1.29, 1.82) is 0 Å². The van der Waals surface area contributed by atoms with Crippen LogP contribution in [0.3, 0.4) is 0 Å². The van der Waals surface area contributed by atoms with Crippen LogP contribution in [-0.2, 0) is 0 Å². The monoisotopic (exact) mass is 233 g/mol. The highest BCUT2D eigenvalue weighted by Gasteiger charge is 2.07. The Bertz CT molecular complexity index is 587. The molecule has 1 heterocycles. The van der Waals surface area contributed by atoms with Crippen LogP contribution in [0.15, 0.2) is 29.3 Å². The summed E-state index contributed by atoms with van der Waals surface area (Å²) in [7, 11) is 0. The van der Waals surface area contributed by atoms with Crippen molar-refractivity contribution in [2.75, 3.05) is 5.73 Å². The van der Waals surface area contributed by atoms with E-state index in [4.69, 9.17) is 10.5 Å². The molecule has 0 aliphatic heterocycles. The van der Waals surface area contributed by atoms with Gasteiger partial charge in [-0.25, -0.2) is 4.98 Å². The molecule has 0 spiro atoms. The molecule has 0 aliphatic carbocycles. The molecule has 88 valence electrons. The zero-order chi connectivity index (χ0) is 12.4. The maximum Gasteiger partial charge on any atom is 0.277 e. The first-order chi connectivity index (χ1) is 8.06. The number of benzene rings is 1. The number of aromatic amines is 1. The second-order valence-electron chi connectivity index (χ2n) is 3.56. The summed E-state index contributed by atoms with van der Waals surface area (Å²) in [6.45, 7) is 1.81. The number of H-pyrrole nitrogens is 1. The van der Waals surface area contributed by atoms with Gasteiger partial charge in [0, 0.05) is 6.07 Å². The minimum absolute atomic E-state index is 0.0127. The Hall–Kier alpha value is -2.50. The second-order valence-corrected chi connectivity index (χ2v) is 3.56. The van der Waals surface area contributed by atoms with Crippen LogP contribution in [0.5, 0.6) is 17.4 Å². The van der Waals surface area contributed by atoms with Gasteiger partial charge < -0.3 is 20.6 Å². The molecule has 17 heavy (non-hydrogen) atoms. The van der Waals surface area contributed by atoms with E-state index in [-0.39, 0.29) is 17.3 Å². The molecule has 0 bridgehead atoms. The number of aryl methyl sites for hydroxylation is 1. The number of nitrogen functional groups attached to an aromatic ring is 1. The van der Waals surface area contributed by atoms with Gasteiger partial charge in [0.05, 0.1) is 6.33 Å². The number of rotatable bonds is 2. The Labute approximate surface area is 96.7 Å². The average Bonchev–Trinajstić information content (AvgIpc) is 2.23. The molecule has 0 aliphatic rings. The number of hydrogen-bond acceptors (Lipinski definition) is 5. The number of anilines is 1. The van der Waals surface area contributed by atoms with Crippen LogP contribution in [0.1, 0.15) is 5.56 Å². The lowest BCUT2D eigenvalue weighted by atomic mass is 10.2. The van der Waals surface area contributed by atoms with E-state index in [1.807, 2.05) is 0 Å². The van der Waals surface area contributed by atoms with E-state index in [9.17, 15) is 9.90 Å². The van der Waals surface area contributed by atoms with E-state index >= 15 is 0 Å². The molecular formula is C11H11N3O3. The number of ether oxygens (including phenoxy) is 1. The van der Waals surface area contributed by atoms with Gasteiger partial charge in [0.15, 0.2) is 5.69 Å². The second kappa shape index (κ2) is 4.17. The predicted molar refractivity (Wildman–Crippen MR) is 62.2 cm³/mol. The van der Waals surface area contributed by atoms with Crippen LogP contribution in [-0.4, -0.2) is 15.1 Å². The number of aromatic hydroxyl groups is 1. The average molecular weight is 233 g/mol. The van der Waals surface area contributed by atoms with Gasteiger partial charge in [0.1, 0.15) is 11.5 Å². The van der Waals surface area contributed by atoms with E-state index in [0.717, 1.165) is 5.56 Å². The molecule has 1 aromatic heterocycles. The number of nitrogens with one attached hydrogen (secondary N) is 1. The van der Waals surface area contributed by atoms with Gasteiger partial charge in [-0.2, -0.15) is 0 Å². The maximum atomic E-state index is 11.2. The zero-order valence-electron chi connectivity index (χ0n) is 9.10. The van der Waals surface area contributed by atoms with Crippen molar-refractivity contribution in [3.8, 4) is 17.4 Å². The molecule has 0 amide bonds. The van der Waals surface area contributed by atoms with Crippen LogP contribution >= 0.6 is 0 Å². The van der Waals surface area contributed by atoms with Crippen molar-refractivity contribution >= 4 is 5.69 Å². The Morgan fingerprint density at radius 3 is 2.88 bits per heavy atom. The van der Waals surface area contributed by atoms with Crippen LogP contribution in [0.4, 0.5) is 5.69 Å². The third-order valence-electron chi connectivity index (χ3n) is 2.10. The van der Waals surface area contributed by atoms with Crippen molar-refractivity contribution in [3.63, 3.8) is 0 Å². The van der Waals surface area contributed by atoms with Crippen molar-refractivity contribution < 1.29 is 9.84 Å². The number of aromatic nitrogens is 2. The third kappa shape index (κ3) is 2.36. The van der Waals surface area contributed by atoms with Gasteiger partial charge in [-0.15, -0.1) is 0 Å². The van der Waals surface area contributed by atoms with Gasteiger partial charge in [0.2, 0.25) is 5.88 Å². The molecule has 1 aromatic carbocycles. The number of nitrogens with zero attached hydrogens (tertiary/aromatic N) is 1. The molecule has 2 rings (SSSR count). The van der Waals surface area contributed by atoms with Crippen molar-refractivity contribution in [1.82, 2.24) is 9.97 Å². The van der Waals surface area contributed by atoms with Crippen molar-refractivity contribution in [3.05, 3.63) is 40.4 Å². The van der Waals surface area contributed by atoms with E-state index in [1.165, 1.54) is 12.4 Å². The number of hydrogen-bond donors (Lipinski definition) is 3. The van der Waals surface area contributed by atoms with Crippen molar-refractivity contribution in [2.24, 2.45) is 0 Å². The molecule has 4 N–H and O–H groups in total. The highest BCUT2D eigenvalue weighted by atomic mass is 16.5. The Morgan fingerprint density at radius 2 is 2.18 bits per heavy atom. The van der Waals surface area contributed by atoms with E-state index in [2.05, 4.69) is 9.97 Å².